The van der Waals surface area contributed by atoms with Crippen molar-refractivity contribution in [3.05, 3.63) is 24.3 Å². The van der Waals surface area contributed by atoms with Crippen LogP contribution in [0.1, 0.15) is 25.7 Å². The Hall–Kier alpha value is -1.83. The van der Waals surface area contributed by atoms with E-state index < -0.39 is 0 Å². The molecule has 3 rings (SSSR count). The third kappa shape index (κ3) is 6.96. The SMILES string of the molecule is Cl.O=C(CCC1CCNCC1)Nc1ccccc1OCC(=O)N1CCOCC1. The summed E-state index contributed by atoms with van der Waals surface area (Å²) in [5.74, 6) is 1.07. The summed E-state index contributed by atoms with van der Waals surface area (Å²) < 4.78 is 10.9. The zero-order valence-corrected chi connectivity index (χ0v) is 17.0. The lowest BCUT2D eigenvalue weighted by Crippen LogP contribution is -2.43. The number of para-hydroxylation sites is 2. The van der Waals surface area contributed by atoms with E-state index in [1.54, 1.807) is 17.0 Å². The van der Waals surface area contributed by atoms with Crippen LogP contribution in [0, 0.1) is 5.92 Å². The maximum absolute atomic E-state index is 12.3. The fraction of sp³-hybridized carbons (Fsp3) is 0.600. The van der Waals surface area contributed by atoms with Gasteiger partial charge in [0.05, 0.1) is 18.9 Å². The number of halogens is 1. The second-order valence-corrected chi connectivity index (χ2v) is 7.06. The van der Waals surface area contributed by atoms with Crippen LogP contribution in [0.5, 0.6) is 5.75 Å². The summed E-state index contributed by atoms with van der Waals surface area (Å²) in [4.78, 5) is 26.3. The molecule has 1 aromatic carbocycles. The maximum Gasteiger partial charge on any atom is 0.260 e. The monoisotopic (exact) mass is 411 g/mol. The van der Waals surface area contributed by atoms with Gasteiger partial charge in [-0.3, -0.25) is 9.59 Å². The van der Waals surface area contributed by atoms with Crippen LogP contribution in [0.25, 0.3) is 0 Å². The number of hydrogen-bond acceptors (Lipinski definition) is 5. The molecule has 2 amide bonds. The number of anilines is 1. The van der Waals surface area contributed by atoms with Gasteiger partial charge in [-0.05, 0) is 50.4 Å². The predicted octanol–water partition coefficient (Wildman–Crippen LogP) is 2.06. The highest BCUT2D eigenvalue weighted by molar-refractivity contribution is 5.92. The summed E-state index contributed by atoms with van der Waals surface area (Å²) in [6, 6.07) is 7.25. The Bertz CT molecular complexity index is 632. The molecule has 156 valence electrons. The van der Waals surface area contributed by atoms with Gasteiger partial charge in [0, 0.05) is 19.5 Å². The minimum absolute atomic E-state index is 0. The van der Waals surface area contributed by atoms with Gasteiger partial charge in [0.1, 0.15) is 5.75 Å². The van der Waals surface area contributed by atoms with E-state index in [1.165, 1.54) is 0 Å². The highest BCUT2D eigenvalue weighted by Crippen LogP contribution is 2.25. The quantitative estimate of drug-likeness (QED) is 0.718. The van der Waals surface area contributed by atoms with Crippen molar-refractivity contribution in [1.82, 2.24) is 10.2 Å². The first-order chi connectivity index (χ1) is 13.2. The number of morpholine rings is 1. The molecule has 2 N–H and O–H groups in total. The van der Waals surface area contributed by atoms with Gasteiger partial charge in [-0.1, -0.05) is 12.1 Å². The molecule has 2 aliphatic rings. The summed E-state index contributed by atoms with van der Waals surface area (Å²) >= 11 is 0. The van der Waals surface area contributed by atoms with Gasteiger partial charge in [0.15, 0.2) is 6.61 Å². The van der Waals surface area contributed by atoms with E-state index in [-0.39, 0.29) is 30.8 Å². The Labute approximate surface area is 172 Å². The van der Waals surface area contributed by atoms with Crippen LogP contribution in [-0.2, 0) is 14.3 Å². The van der Waals surface area contributed by atoms with Crippen molar-refractivity contribution in [3.63, 3.8) is 0 Å². The van der Waals surface area contributed by atoms with Gasteiger partial charge in [-0.2, -0.15) is 0 Å². The second kappa shape index (κ2) is 11.9. The number of hydrogen-bond donors (Lipinski definition) is 2. The van der Waals surface area contributed by atoms with Gasteiger partial charge < -0.3 is 25.0 Å². The molecule has 0 aliphatic carbocycles. The van der Waals surface area contributed by atoms with Crippen molar-refractivity contribution in [2.24, 2.45) is 5.92 Å². The Balaban J connectivity index is 0.00000280. The number of amides is 2. The topological polar surface area (TPSA) is 79.9 Å². The van der Waals surface area contributed by atoms with Gasteiger partial charge >= 0.3 is 0 Å². The van der Waals surface area contributed by atoms with Crippen LogP contribution in [0.2, 0.25) is 0 Å². The van der Waals surface area contributed by atoms with E-state index in [0.29, 0.717) is 50.1 Å². The summed E-state index contributed by atoms with van der Waals surface area (Å²) in [5.41, 5.74) is 0.614. The van der Waals surface area contributed by atoms with Gasteiger partial charge in [-0.25, -0.2) is 0 Å². The van der Waals surface area contributed by atoms with Crippen LogP contribution >= 0.6 is 12.4 Å². The fourth-order valence-electron chi connectivity index (χ4n) is 3.46. The molecule has 2 heterocycles. The number of rotatable bonds is 7. The lowest BCUT2D eigenvalue weighted by molar-refractivity contribution is -0.137. The van der Waals surface area contributed by atoms with E-state index in [4.69, 9.17) is 9.47 Å². The molecule has 2 aliphatic heterocycles. The van der Waals surface area contributed by atoms with Crippen LogP contribution < -0.4 is 15.4 Å². The molecule has 0 atom stereocenters. The molecule has 1 aromatic rings. The van der Waals surface area contributed by atoms with E-state index in [9.17, 15) is 9.59 Å². The molecule has 0 saturated carbocycles. The summed E-state index contributed by atoms with van der Waals surface area (Å²) in [6.45, 7) is 4.36. The van der Waals surface area contributed by atoms with Crippen molar-refractivity contribution >= 4 is 29.9 Å². The zero-order valence-electron chi connectivity index (χ0n) is 16.2. The number of ether oxygens (including phenoxy) is 2. The standard InChI is InChI=1S/C20H29N3O4.ClH/c24-19(6-5-16-7-9-21-10-8-16)22-17-3-1-2-4-18(17)27-15-20(25)23-11-13-26-14-12-23;/h1-4,16,21H,5-15H2,(H,22,24);1H. The van der Waals surface area contributed by atoms with E-state index in [0.717, 1.165) is 32.4 Å². The first-order valence-electron chi connectivity index (χ1n) is 9.80. The predicted molar refractivity (Wildman–Crippen MR) is 110 cm³/mol. The normalized spacial score (nSPS) is 17.5. The molecule has 2 fully saturated rings. The summed E-state index contributed by atoms with van der Waals surface area (Å²) in [6.07, 6.45) is 3.69. The molecule has 8 heteroatoms. The maximum atomic E-state index is 12.3. The van der Waals surface area contributed by atoms with Crippen LogP contribution in [0.15, 0.2) is 24.3 Å². The Kier molecular flexibility index (Phi) is 9.54. The molecule has 0 bridgehead atoms. The van der Waals surface area contributed by atoms with Gasteiger partial charge in [0.25, 0.3) is 5.91 Å². The zero-order chi connectivity index (χ0) is 18.9. The number of nitrogens with one attached hydrogen (secondary N) is 2. The van der Waals surface area contributed by atoms with Crippen LogP contribution in [-0.4, -0.2) is 62.7 Å². The summed E-state index contributed by atoms with van der Waals surface area (Å²) in [7, 11) is 0. The average molecular weight is 412 g/mol. The first-order valence-corrected chi connectivity index (χ1v) is 9.80. The van der Waals surface area contributed by atoms with E-state index >= 15 is 0 Å². The molecule has 0 radical (unpaired) electrons. The first kappa shape index (κ1) is 22.5. The minimum atomic E-state index is -0.0645. The number of nitrogens with zero attached hydrogens (tertiary/aromatic N) is 1. The smallest absolute Gasteiger partial charge is 0.260 e. The molecule has 7 nitrogen and oxygen atoms in total. The molecule has 0 unspecified atom stereocenters. The Morgan fingerprint density at radius 1 is 1.18 bits per heavy atom. The van der Waals surface area contributed by atoms with E-state index in [2.05, 4.69) is 10.6 Å². The van der Waals surface area contributed by atoms with Crippen molar-refractivity contribution in [1.29, 1.82) is 0 Å². The second-order valence-electron chi connectivity index (χ2n) is 7.06. The van der Waals surface area contributed by atoms with Crippen LogP contribution in [0.3, 0.4) is 0 Å². The average Bonchev–Trinajstić information content (AvgIpc) is 2.73. The molecule has 0 aromatic heterocycles. The number of benzene rings is 1. The minimum Gasteiger partial charge on any atom is -0.482 e. The molecular formula is C20H30ClN3O4. The third-order valence-electron chi connectivity index (χ3n) is 5.11. The van der Waals surface area contributed by atoms with Crippen molar-refractivity contribution < 1.29 is 19.1 Å². The molecule has 0 spiro atoms. The van der Waals surface area contributed by atoms with Crippen LogP contribution in [0.4, 0.5) is 5.69 Å². The van der Waals surface area contributed by atoms with E-state index in [1.807, 2.05) is 12.1 Å². The van der Waals surface area contributed by atoms with Crippen molar-refractivity contribution in [2.75, 3.05) is 51.3 Å². The summed E-state index contributed by atoms with van der Waals surface area (Å²) in [5, 5.41) is 6.27. The fourth-order valence-corrected chi connectivity index (χ4v) is 3.46. The molecular weight excluding hydrogens is 382 g/mol. The third-order valence-corrected chi connectivity index (χ3v) is 5.11. The highest BCUT2D eigenvalue weighted by atomic mass is 35.5. The van der Waals surface area contributed by atoms with Gasteiger partial charge in [-0.15, -0.1) is 12.4 Å². The number of carbonyl (C=O) groups excluding carboxylic acids is 2. The largest absolute Gasteiger partial charge is 0.482 e. The lowest BCUT2D eigenvalue weighted by Gasteiger charge is -2.26. The number of carbonyl (C=O) groups is 2. The Morgan fingerprint density at radius 2 is 1.89 bits per heavy atom. The van der Waals surface area contributed by atoms with Crippen molar-refractivity contribution in [3.8, 4) is 5.75 Å². The molecule has 2 saturated heterocycles. The molecule has 28 heavy (non-hydrogen) atoms. The highest BCUT2D eigenvalue weighted by Gasteiger charge is 2.18. The lowest BCUT2D eigenvalue weighted by atomic mass is 9.93. The van der Waals surface area contributed by atoms with Gasteiger partial charge in [0.2, 0.25) is 5.91 Å². The van der Waals surface area contributed by atoms with Crippen molar-refractivity contribution in [2.45, 2.75) is 25.7 Å². The number of piperidine rings is 1. The Morgan fingerprint density at radius 3 is 2.64 bits per heavy atom.